The van der Waals surface area contributed by atoms with E-state index in [4.69, 9.17) is 27.7 Å². The van der Waals surface area contributed by atoms with Gasteiger partial charge in [0.2, 0.25) is 0 Å². The third kappa shape index (κ3) is 4.82. The van der Waals surface area contributed by atoms with Gasteiger partial charge in [-0.25, -0.2) is 0 Å². The standard InChI is InChI=1S/C19H24Cl2NO3P/c1-13(2)12-25-26(24,16-8-6-15(7-9-16)22(3)4)19(23)17-10-5-14(20)11-18(17)21/h5-11,13,19,23H,12H2,1-4H3. The molecule has 2 aromatic carbocycles. The van der Waals surface area contributed by atoms with Gasteiger partial charge < -0.3 is 14.5 Å². The highest BCUT2D eigenvalue weighted by Gasteiger charge is 2.37. The summed E-state index contributed by atoms with van der Waals surface area (Å²) in [6.45, 7) is 4.18. The van der Waals surface area contributed by atoms with Gasteiger partial charge in [-0.1, -0.05) is 43.1 Å². The summed E-state index contributed by atoms with van der Waals surface area (Å²) in [5.74, 6) is -1.21. The van der Waals surface area contributed by atoms with Crippen LogP contribution in [-0.2, 0) is 9.09 Å². The molecular weight excluding hydrogens is 392 g/mol. The molecule has 26 heavy (non-hydrogen) atoms. The molecule has 2 unspecified atom stereocenters. The number of hydrogen-bond donors (Lipinski definition) is 1. The molecule has 1 N–H and O–H groups in total. The number of benzene rings is 2. The molecular formula is C19H24Cl2NO3P. The number of halogens is 2. The average molecular weight is 416 g/mol. The number of aliphatic hydroxyl groups excluding tert-OH is 1. The van der Waals surface area contributed by atoms with E-state index in [1.165, 1.54) is 6.07 Å². The largest absolute Gasteiger partial charge is 0.378 e. The van der Waals surface area contributed by atoms with Crippen molar-refractivity contribution >= 4 is 41.6 Å². The van der Waals surface area contributed by atoms with Crippen molar-refractivity contribution in [3.8, 4) is 0 Å². The fourth-order valence-corrected chi connectivity index (χ4v) is 5.23. The predicted octanol–water partition coefficient (Wildman–Crippen LogP) is 5.33. The Morgan fingerprint density at radius 3 is 2.23 bits per heavy atom. The van der Waals surface area contributed by atoms with Crippen LogP contribution in [0.5, 0.6) is 0 Å². The van der Waals surface area contributed by atoms with E-state index in [0.29, 0.717) is 15.9 Å². The Hall–Kier alpha value is -1.03. The first-order valence-electron chi connectivity index (χ1n) is 8.30. The fourth-order valence-electron chi connectivity index (χ4n) is 2.40. The highest BCUT2D eigenvalue weighted by molar-refractivity contribution is 7.67. The zero-order valence-electron chi connectivity index (χ0n) is 15.3. The molecule has 0 saturated heterocycles. The third-order valence-corrected chi connectivity index (χ3v) is 6.92. The molecule has 7 heteroatoms. The van der Waals surface area contributed by atoms with Gasteiger partial charge in [0.15, 0.2) is 5.85 Å². The van der Waals surface area contributed by atoms with E-state index in [1.54, 1.807) is 24.3 Å². The number of rotatable bonds is 7. The second-order valence-electron chi connectivity index (χ2n) is 6.74. The first-order valence-corrected chi connectivity index (χ1v) is 10.8. The zero-order valence-corrected chi connectivity index (χ0v) is 17.7. The molecule has 0 radical (unpaired) electrons. The maximum absolute atomic E-state index is 13.8. The maximum atomic E-state index is 13.8. The van der Waals surface area contributed by atoms with E-state index in [1.807, 2.05) is 45.0 Å². The van der Waals surface area contributed by atoms with Gasteiger partial charge in [0, 0.05) is 40.7 Å². The highest BCUT2D eigenvalue weighted by Crippen LogP contribution is 2.59. The topological polar surface area (TPSA) is 49.8 Å². The van der Waals surface area contributed by atoms with Crippen molar-refractivity contribution in [2.45, 2.75) is 19.7 Å². The Balaban J connectivity index is 2.48. The molecule has 0 bridgehead atoms. The molecule has 2 aromatic rings. The molecule has 0 aliphatic carbocycles. The summed E-state index contributed by atoms with van der Waals surface area (Å²) < 4.78 is 19.5. The molecule has 2 atom stereocenters. The van der Waals surface area contributed by atoms with Crippen LogP contribution in [0.3, 0.4) is 0 Å². The van der Waals surface area contributed by atoms with E-state index in [9.17, 15) is 9.67 Å². The zero-order chi connectivity index (χ0) is 19.5. The van der Waals surface area contributed by atoms with Gasteiger partial charge in [0.05, 0.1) is 6.61 Å². The fraction of sp³-hybridized carbons (Fsp3) is 0.368. The molecule has 0 spiro atoms. The predicted molar refractivity (Wildman–Crippen MR) is 110 cm³/mol. The first-order chi connectivity index (χ1) is 12.1. The monoisotopic (exact) mass is 415 g/mol. The minimum Gasteiger partial charge on any atom is -0.378 e. The van der Waals surface area contributed by atoms with Gasteiger partial charge in [0.25, 0.3) is 7.37 Å². The van der Waals surface area contributed by atoms with Crippen LogP contribution in [0, 0.1) is 5.92 Å². The Labute approximate surface area is 165 Å². The molecule has 2 rings (SSSR count). The van der Waals surface area contributed by atoms with Gasteiger partial charge in [-0.15, -0.1) is 0 Å². The normalized spacial score (nSPS) is 14.9. The van der Waals surface area contributed by atoms with Crippen molar-refractivity contribution in [2.75, 3.05) is 25.6 Å². The van der Waals surface area contributed by atoms with Crippen LogP contribution >= 0.6 is 30.6 Å². The summed E-state index contributed by atoms with van der Waals surface area (Å²) in [6.07, 6.45) is 0. The molecule has 142 valence electrons. The van der Waals surface area contributed by atoms with Crippen molar-refractivity contribution < 1.29 is 14.2 Å². The Morgan fingerprint density at radius 1 is 1.12 bits per heavy atom. The molecule has 0 amide bonds. The van der Waals surface area contributed by atoms with E-state index in [-0.39, 0.29) is 17.5 Å². The summed E-state index contributed by atoms with van der Waals surface area (Å²) >= 11 is 12.2. The molecule has 0 aliphatic rings. The van der Waals surface area contributed by atoms with Crippen LogP contribution in [0.25, 0.3) is 0 Å². The maximum Gasteiger partial charge on any atom is 0.264 e. The number of aliphatic hydroxyl groups is 1. The van der Waals surface area contributed by atoms with E-state index in [0.717, 1.165) is 5.69 Å². The minimum atomic E-state index is -3.62. The SMILES string of the molecule is CC(C)COP(=O)(c1ccc(N(C)C)cc1)C(O)c1ccc(Cl)cc1Cl. The van der Waals surface area contributed by atoms with Crippen molar-refractivity contribution in [3.05, 3.63) is 58.1 Å². The van der Waals surface area contributed by atoms with E-state index >= 15 is 0 Å². The quantitative estimate of drug-likeness (QED) is 0.621. The van der Waals surface area contributed by atoms with E-state index in [2.05, 4.69) is 0 Å². The lowest BCUT2D eigenvalue weighted by atomic mass is 10.2. The highest BCUT2D eigenvalue weighted by atomic mass is 35.5. The van der Waals surface area contributed by atoms with Crippen LogP contribution in [0.4, 0.5) is 5.69 Å². The molecule has 4 nitrogen and oxygen atoms in total. The van der Waals surface area contributed by atoms with Crippen LogP contribution in [0.2, 0.25) is 10.0 Å². The van der Waals surface area contributed by atoms with E-state index < -0.39 is 13.2 Å². The average Bonchev–Trinajstić information content (AvgIpc) is 2.59. The summed E-state index contributed by atoms with van der Waals surface area (Å²) in [5.41, 5.74) is 1.29. The summed E-state index contributed by atoms with van der Waals surface area (Å²) in [7, 11) is 0.224. The van der Waals surface area contributed by atoms with Crippen LogP contribution in [0.1, 0.15) is 25.3 Å². The van der Waals surface area contributed by atoms with Crippen molar-refractivity contribution in [3.63, 3.8) is 0 Å². The molecule has 0 aliphatic heterocycles. The Bertz CT molecular complexity index is 794. The Kier molecular flexibility index (Phi) is 7.18. The van der Waals surface area contributed by atoms with Crippen molar-refractivity contribution in [2.24, 2.45) is 5.92 Å². The number of hydrogen-bond acceptors (Lipinski definition) is 4. The van der Waals surface area contributed by atoms with Crippen molar-refractivity contribution in [1.82, 2.24) is 0 Å². The molecule has 0 aromatic heterocycles. The van der Waals surface area contributed by atoms with Gasteiger partial charge in [-0.05, 0) is 42.3 Å². The second-order valence-corrected chi connectivity index (χ2v) is 10.0. The lowest BCUT2D eigenvalue weighted by Gasteiger charge is -2.26. The molecule has 0 fully saturated rings. The van der Waals surface area contributed by atoms with Crippen molar-refractivity contribution in [1.29, 1.82) is 0 Å². The smallest absolute Gasteiger partial charge is 0.264 e. The number of nitrogens with zero attached hydrogens (tertiary/aromatic N) is 1. The Morgan fingerprint density at radius 2 is 1.73 bits per heavy atom. The van der Waals surface area contributed by atoms with Gasteiger partial charge in [0.1, 0.15) is 0 Å². The first kappa shape index (κ1) is 21.3. The van der Waals surface area contributed by atoms with Gasteiger partial charge in [-0.2, -0.15) is 0 Å². The molecule has 0 heterocycles. The summed E-state index contributed by atoms with van der Waals surface area (Å²) in [6, 6.07) is 11.8. The van der Waals surface area contributed by atoms with Crippen LogP contribution in [0.15, 0.2) is 42.5 Å². The van der Waals surface area contributed by atoms with Gasteiger partial charge in [-0.3, -0.25) is 4.57 Å². The lowest BCUT2D eigenvalue weighted by molar-refractivity contribution is 0.203. The summed E-state index contributed by atoms with van der Waals surface area (Å²) in [4.78, 5) is 1.94. The lowest BCUT2D eigenvalue weighted by Crippen LogP contribution is -2.17. The minimum absolute atomic E-state index is 0.164. The summed E-state index contributed by atoms with van der Waals surface area (Å²) in [5, 5.41) is 12.1. The third-order valence-electron chi connectivity index (χ3n) is 3.89. The van der Waals surface area contributed by atoms with Crippen LogP contribution in [-0.4, -0.2) is 25.8 Å². The molecule has 0 saturated carbocycles. The number of anilines is 1. The second kappa shape index (κ2) is 8.77. The van der Waals surface area contributed by atoms with Crippen LogP contribution < -0.4 is 10.2 Å². The van der Waals surface area contributed by atoms with Gasteiger partial charge >= 0.3 is 0 Å².